The van der Waals surface area contributed by atoms with Gasteiger partial charge in [-0.15, -0.1) is 5.10 Å². The van der Waals surface area contributed by atoms with Crippen molar-refractivity contribution < 1.29 is 0 Å². The number of aromatic nitrogens is 4. The molecule has 1 aliphatic heterocycles. The number of halogens is 2. The van der Waals surface area contributed by atoms with Gasteiger partial charge in [0.15, 0.2) is 5.82 Å². The number of para-hydroxylation sites is 1. The molecule has 0 amide bonds. The summed E-state index contributed by atoms with van der Waals surface area (Å²) < 4.78 is 1.88. The Balaban J connectivity index is 1.41. The van der Waals surface area contributed by atoms with Crippen molar-refractivity contribution in [2.75, 3.05) is 32.7 Å². The molecule has 8 heteroatoms. The summed E-state index contributed by atoms with van der Waals surface area (Å²) in [6.07, 6.45) is 4.42. The van der Waals surface area contributed by atoms with Crippen LogP contribution in [0.2, 0.25) is 10.0 Å². The van der Waals surface area contributed by atoms with Crippen molar-refractivity contribution in [3.8, 4) is 5.69 Å². The van der Waals surface area contributed by atoms with Gasteiger partial charge in [-0.2, -0.15) is 4.68 Å². The fourth-order valence-electron chi connectivity index (χ4n) is 4.98. The van der Waals surface area contributed by atoms with Gasteiger partial charge in [-0.1, -0.05) is 90.0 Å². The fraction of sp³-hybridized carbons (Fsp3) is 0.276. The van der Waals surface area contributed by atoms with E-state index in [1.165, 1.54) is 5.56 Å². The Morgan fingerprint density at radius 2 is 1.59 bits per heavy atom. The van der Waals surface area contributed by atoms with E-state index in [-0.39, 0.29) is 6.04 Å². The first-order chi connectivity index (χ1) is 18.0. The SMILES string of the molecule is Cc1cccc(C)c1-n1nnnc1[C@@H](c1ccc(Cl)c(Cl)c1)N1CCN(CC=Cc2ccccc2)CC1. The first-order valence-corrected chi connectivity index (χ1v) is 13.2. The van der Waals surface area contributed by atoms with E-state index >= 15 is 0 Å². The molecule has 1 saturated heterocycles. The van der Waals surface area contributed by atoms with Crippen molar-refractivity contribution in [2.24, 2.45) is 0 Å². The summed E-state index contributed by atoms with van der Waals surface area (Å²) in [7, 11) is 0. The second kappa shape index (κ2) is 11.6. The van der Waals surface area contributed by atoms with E-state index in [0.717, 1.165) is 60.9 Å². The molecule has 37 heavy (non-hydrogen) atoms. The van der Waals surface area contributed by atoms with Crippen molar-refractivity contribution >= 4 is 29.3 Å². The lowest BCUT2D eigenvalue weighted by Gasteiger charge is -2.38. The van der Waals surface area contributed by atoms with E-state index < -0.39 is 0 Å². The standard InChI is InChI=1S/C29H30Cl2N6/c1-21-8-6-9-22(2)27(21)37-29(32-33-34-37)28(24-13-14-25(30)26(31)20-24)36-18-16-35(17-19-36)15-7-12-23-10-4-3-5-11-23/h3-14,20,28H,15-19H2,1-2H3/t28-/m1/s1. The molecule has 2 heterocycles. The molecule has 0 bridgehead atoms. The minimum absolute atomic E-state index is 0.161. The number of tetrazole rings is 1. The van der Waals surface area contributed by atoms with Crippen LogP contribution in [0.15, 0.2) is 72.8 Å². The molecule has 1 atom stereocenters. The number of rotatable bonds is 7. The first kappa shape index (κ1) is 25.6. The largest absolute Gasteiger partial charge is 0.297 e. The van der Waals surface area contributed by atoms with Gasteiger partial charge in [0.2, 0.25) is 0 Å². The Hall–Kier alpha value is -3.03. The lowest BCUT2D eigenvalue weighted by Crippen LogP contribution is -2.48. The summed E-state index contributed by atoms with van der Waals surface area (Å²) in [5, 5.41) is 14.1. The highest BCUT2D eigenvalue weighted by Gasteiger charge is 2.31. The van der Waals surface area contributed by atoms with Crippen LogP contribution in [0.25, 0.3) is 11.8 Å². The Morgan fingerprint density at radius 1 is 0.865 bits per heavy atom. The van der Waals surface area contributed by atoms with E-state index in [1.54, 1.807) is 0 Å². The molecular weight excluding hydrogens is 503 g/mol. The van der Waals surface area contributed by atoms with Gasteiger partial charge in [0.05, 0.1) is 21.8 Å². The predicted molar refractivity (Wildman–Crippen MR) is 150 cm³/mol. The molecule has 0 aliphatic carbocycles. The van der Waals surface area contributed by atoms with Crippen molar-refractivity contribution in [1.29, 1.82) is 0 Å². The Bertz CT molecular complexity index is 1360. The summed E-state index contributed by atoms with van der Waals surface area (Å²) in [4.78, 5) is 4.91. The highest BCUT2D eigenvalue weighted by molar-refractivity contribution is 6.42. The predicted octanol–water partition coefficient (Wildman–Crippen LogP) is 6.01. The molecule has 6 nitrogen and oxygen atoms in total. The van der Waals surface area contributed by atoms with Crippen LogP contribution in [-0.2, 0) is 0 Å². The number of hydrogen-bond donors (Lipinski definition) is 0. The Kier molecular flexibility index (Phi) is 8.01. The summed E-state index contributed by atoms with van der Waals surface area (Å²) in [5.41, 5.74) is 5.50. The maximum atomic E-state index is 6.47. The topological polar surface area (TPSA) is 50.1 Å². The van der Waals surface area contributed by atoms with Gasteiger partial charge >= 0.3 is 0 Å². The molecule has 0 radical (unpaired) electrons. The maximum absolute atomic E-state index is 6.47. The van der Waals surface area contributed by atoms with Gasteiger partial charge in [-0.05, 0) is 58.7 Å². The quantitative estimate of drug-likeness (QED) is 0.292. The molecule has 0 spiro atoms. The zero-order valence-electron chi connectivity index (χ0n) is 21.1. The smallest absolute Gasteiger partial charge is 0.178 e. The van der Waals surface area contributed by atoms with Crippen molar-refractivity contribution in [3.63, 3.8) is 0 Å². The van der Waals surface area contributed by atoms with Crippen molar-refractivity contribution in [2.45, 2.75) is 19.9 Å². The summed E-state index contributed by atoms with van der Waals surface area (Å²) in [6, 6.07) is 22.3. The molecule has 0 unspecified atom stereocenters. The highest BCUT2D eigenvalue weighted by Crippen LogP contribution is 2.34. The fourth-order valence-corrected chi connectivity index (χ4v) is 5.28. The van der Waals surface area contributed by atoms with Gasteiger partial charge < -0.3 is 0 Å². The number of nitrogens with zero attached hydrogens (tertiary/aromatic N) is 6. The Morgan fingerprint density at radius 3 is 2.30 bits per heavy atom. The summed E-state index contributed by atoms with van der Waals surface area (Å²) in [6.45, 7) is 8.74. The van der Waals surface area contributed by atoms with Crippen molar-refractivity contribution in [1.82, 2.24) is 30.0 Å². The highest BCUT2D eigenvalue weighted by atomic mass is 35.5. The molecular formula is C29H30Cl2N6. The van der Waals surface area contributed by atoms with Crippen molar-refractivity contribution in [3.05, 3.63) is 111 Å². The van der Waals surface area contributed by atoms with Gasteiger partial charge in [0.1, 0.15) is 0 Å². The zero-order chi connectivity index (χ0) is 25.8. The average Bonchev–Trinajstić information content (AvgIpc) is 3.36. The molecule has 3 aromatic carbocycles. The molecule has 4 aromatic rings. The van der Waals surface area contributed by atoms with E-state index in [9.17, 15) is 0 Å². The molecule has 0 N–H and O–H groups in total. The van der Waals surface area contributed by atoms with E-state index in [0.29, 0.717) is 10.0 Å². The maximum Gasteiger partial charge on any atom is 0.178 e. The molecule has 0 saturated carbocycles. The Labute approximate surface area is 228 Å². The van der Waals surface area contributed by atoms with Crippen LogP contribution in [0.3, 0.4) is 0 Å². The second-order valence-corrected chi connectivity index (χ2v) is 10.2. The first-order valence-electron chi connectivity index (χ1n) is 12.5. The van der Waals surface area contributed by atoms with Crippen LogP contribution in [-0.4, -0.2) is 62.7 Å². The number of aryl methyl sites for hydroxylation is 2. The number of benzene rings is 3. The van der Waals surface area contributed by atoms with E-state index in [2.05, 4.69) is 93.8 Å². The lowest BCUT2D eigenvalue weighted by atomic mass is 10.0. The van der Waals surface area contributed by atoms with Gasteiger partial charge in [-0.25, -0.2) is 0 Å². The minimum Gasteiger partial charge on any atom is -0.297 e. The van der Waals surface area contributed by atoms with Crippen LogP contribution in [0.1, 0.15) is 34.1 Å². The average molecular weight is 534 g/mol. The van der Waals surface area contributed by atoms with Crippen LogP contribution in [0.5, 0.6) is 0 Å². The minimum atomic E-state index is -0.161. The monoisotopic (exact) mass is 532 g/mol. The summed E-state index contributed by atoms with van der Waals surface area (Å²) in [5.74, 6) is 0.771. The molecule has 5 rings (SSSR count). The molecule has 1 fully saturated rings. The zero-order valence-corrected chi connectivity index (χ0v) is 22.6. The van der Waals surface area contributed by atoms with Gasteiger partial charge in [0, 0.05) is 32.7 Å². The number of piperazine rings is 1. The normalized spacial score (nSPS) is 15.9. The van der Waals surface area contributed by atoms with Crippen LogP contribution in [0.4, 0.5) is 0 Å². The second-order valence-electron chi connectivity index (χ2n) is 9.42. The summed E-state index contributed by atoms with van der Waals surface area (Å²) >= 11 is 12.7. The molecule has 1 aromatic heterocycles. The van der Waals surface area contributed by atoms with E-state index in [1.807, 2.05) is 28.9 Å². The third-order valence-corrected chi connectivity index (χ3v) is 7.63. The molecule has 190 valence electrons. The third kappa shape index (κ3) is 5.78. The lowest BCUT2D eigenvalue weighted by molar-refractivity contribution is 0.113. The van der Waals surface area contributed by atoms with Gasteiger partial charge in [-0.3, -0.25) is 9.80 Å². The van der Waals surface area contributed by atoms with Gasteiger partial charge in [0.25, 0.3) is 0 Å². The third-order valence-electron chi connectivity index (χ3n) is 6.89. The molecule has 1 aliphatic rings. The van der Waals surface area contributed by atoms with E-state index in [4.69, 9.17) is 23.2 Å². The van der Waals surface area contributed by atoms with Crippen LogP contribution < -0.4 is 0 Å². The van der Waals surface area contributed by atoms with Crippen LogP contribution >= 0.6 is 23.2 Å². The number of hydrogen-bond acceptors (Lipinski definition) is 5. The van der Waals surface area contributed by atoms with Crippen LogP contribution in [0, 0.1) is 13.8 Å².